The van der Waals surface area contributed by atoms with Gasteiger partial charge in [0, 0.05) is 30.5 Å². The molecular weight excluding hydrogens is 314 g/mol. The second-order valence-corrected chi connectivity index (χ2v) is 6.52. The maximum atomic E-state index is 12.5. The van der Waals surface area contributed by atoms with Gasteiger partial charge < -0.3 is 10.1 Å². The monoisotopic (exact) mass is 329 g/mol. The van der Waals surface area contributed by atoms with Gasteiger partial charge in [-0.1, -0.05) is 30.0 Å². The number of carbonyl (C=O) groups excluding carboxylic acids is 1. The molecule has 118 valence electrons. The molecule has 0 saturated heterocycles. The van der Waals surface area contributed by atoms with Crippen LogP contribution < -0.4 is 15.6 Å². The van der Waals surface area contributed by atoms with Crippen molar-refractivity contribution >= 4 is 17.7 Å². The van der Waals surface area contributed by atoms with E-state index in [1.165, 1.54) is 18.0 Å². The summed E-state index contributed by atoms with van der Waals surface area (Å²) < 4.78 is 7.16. The number of fused-ring (bicyclic) bond motifs is 2. The van der Waals surface area contributed by atoms with Crippen LogP contribution in [0.1, 0.15) is 28.4 Å². The van der Waals surface area contributed by atoms with E-state index in [1.807, 2.05) is 24.3 Å². The van der Waals surface area contributed by atoms with Crippen LogP contribution in [0.4, 0.5) is 0 Å². The van der Waals surface area contributed by atoms with Gasteiger partial charge in [-0.05, 0) is 6.07 Å². The molecule has 0 radical (unpaired) electrons. The number of thioether (sulfide) groups is 1. The minimum atomic E-state index is -0.378. The van der Waals surface area contributed by atoms with E-state index >= 15 is 0 Å². The van der Waals surface area contributed by atoms with Crippen molar-refractivity contribution in [2.24, 2.45) is 0 Å². The summed E-state index contributed by atoms with van der Waals surface area (Å²) in [5.41, 5.74) is 0.773. The summed E-state index contributed by atoms with van der Waals surface area (Å²) in [4.78, 5) is 29.2. The fourth-order valence-electron chi connectivity index (χ4n) is 2.90. The summed E-state index contributed by atoms with van der Waals surface area (Å²) in [6.45, 7) is 1.15. The largest absolute Gasteiger partial charge is 0.493 e. The number of benzene rings is 1. The lowest BCUT2D eigenvalue weighted by Gasteiger charge is -2.26. The number of nitrogens with zero attached hydrogens (tertiary/aromatic N) is 2. The van der Waals surface area contributed by atoms with Crippen LogP contribution >= 0.6 is 11.8 Å². The minimum absolute atomic E-state index is 0.0974. The molecule has 1 atom stereocenters. The zero-order valence-electron chi connectivity index (χ0n) is 12.3. The van der Waals surface area contributed by atoms with E-state index in [2.05, 4.69) is 10.3 Å². The highest BCUT2D eigenvalue weighted by molar-refractivity contribution is 7.99. The molecule has 4 rings (SSSR count). The van der Waals surface area contributed by atoms with Gasteiger partial charge in [-0.3, -0.25) is 14.2 Å². The molecule has 2 aromatic rings. The van der Waals surface area contributed by atoms with Crippen LogP contribution in [0.25, 0.3) is 0 Å². The molecule has 6 nitrogen and oxygen atoms in total. The van der Waals surface area contributed by atoms with Gasteiger partial charge in [0.2, 0.25) is 0 Å². The zero-order chi connectivity index (χ0) is 15.8. The third-order valence-corrected chi connectivity index (χ3v) is 5.04. The normalized spacial score (nSPS) is 18.7. The first-order valence-corrected chi connectivity index (χ1v) is 8.48. The van der Waals surface area contributed by atoms with E-state index in [-0.39, 0.29) is 23.1 Å². The van der Waals surface area contributed by atoms with Gasteiger partial charge in [0.15, 0.2) is 5.16 Å². The first-order chi connectivity index (χ1) is 11.2. The highest BCUT2D eigenvalue weighted by atomic mass is 32.2. The Balaban J connectivity index is 1.61. The van der Waals surface area contributed by atoms with E-state index in [1.54, 1.807) is 4.57 Å². The minimum Gasteiger partial charge on any atom is -0.493 e. The van der Waals surface area contributed by atoms with Gasteiger partial charge in [-0.15, -0.1) is 0 Å². The lowest BCUT2D eigenvalue weighted by Crippen LogP contribution is -2.37. The van der Waals surface area contributed by atoms with Crippen LogP contribution in [-0.2, 0) is 6.54 Å². The summed E-state index contributed by atoms with van der Waals surface area (Å²) in [5, 5.41) is 3.63. The SMILES string of the molecule is O=C(N[C@H]1CCOc2ccccc21)c1cnc2n(c1=O)CCS2. The topological polar surface area (TPSA) is 73.2 Å². The highest BCUT2D eigenvalue weighted by Gasteiger charge is 2.25. The Kier molecular flexibility index (Phi) is 3.57. The Bertz CT molecular complexity index is 834. The molecule has 1 amide bonds. The summed E-state index contributed by atoms with van der Waals surface area (Å²) >= 11 is 1.53. The summed E-state index contributed by atoms with van der Waals surface area (Å²) in [6, 6.07) is 7.48. The maximum absolute atomic E-state index is 12.5. The van der Waals surface area contributed by atoms with Crippen molar-refractivity contribution < 1.29 is 9.53 Å². The average molecular weight is 329 g/mol. The van der Waals surface area contributed by atoms with Crippen LogP contribution in [0.5, 0.6) is 5.75 Å². The van der Waals surface area contributed by atoms with Crippen molar-refractivity contribution in [2.75, 3.05) is 12.4 Å². The van der Waals surface area contributed by atoms with E-state index < -0.39 is 0 Å². The molecule has 0 spiro atoms. The van der Waals surface area contributed by atoms with E-state index in [0.29, 0.717) is 24.7 Å². The number of hydrogen-bond acceptors (Lipinski definition) is 5. The predicted octanol–water partition coefficient (Wildman–Crippen LogP) is 1.60. The smallest absolute Gasteiger partial charge is 0.267 e. The van der Waals surface area contributed by atoms with Gasteiger partial charge in [0.25, 0.3) is 11.5 Å². The van der Waals surface area contributed by atoms with Crippen LogP contribution in [0.15, 0.2) is 40.4 Å². The lowest BCUT2D eigenvalue weighted by atomic mass is 10.0. The van der Waals surface area contributed by atoms with E-state index in [9.17, 15) is 9.59 Å². The molecule has 2 aliphatic rings. The van der Waals surface area contributed by atoms with Crippen molar-refractivity contribution in [3.8, 4) is 5.75 Å². The molecule has 0 aliphatic carbocycles. The highest BCUT2D eigenvalue weighted by Crippen LogP contribution is 2.31. The van der Waals surface area contributed by atoms with Gasteiger partial charge >= 0.3 is 0 Å². The van der Waals surface area contributed by atoms with Crippen molar-refractivity contribution in [3.05, 3.63) is 51.9 Å². The first kappa shape index (κ1) is 14.3. The lowest BCUT2D eigenvalue weighted by molar-refractivity contribution is 0.0922. The number of amides is 1. The second kappa shape index (κ2) is 5.73. The Hall–Kier alpha value is -2.28. The second-order valence-electron chi connectivity index (χ2n) is 5.46. The summed E-state index contributed by atoms with van der Waals surface area (Å²) in [5.74, 6) is 1.22. The zero-order valence-corrected chi connectivity index (χ0v) is 13.1. The number of ether oxygens (including phenoxy) is 1. The Morgan fingerprint density at radius 1 is 1.39 bits per heavy atom. The van der Waals surface area contributed by atoms with Crippen molar-refractivity contribution in [1.82, 2.24) is 14.9 Å². The van der Waals surface area contributed by atoms with Gasteiger partial charge in [0.1, 0.15) is 11.3 Å². The van der Waals surface area contributed by atoms with Crippen LogP contribution in [0.2, 0.25) is 0 Å². The number of rotatable bonds is 2. The number of aromatic nitrogens is 2. The van der Waals surface area contributed by atoms with Gasteiger partial charge in [-0.25, -0.2) is 4.98 Å². The van der Waals surface area contributed by atoms with Crippen LogP contribution in [0, 0.1) is 0 Å². The molecule has 0 saturated carbocycles. The van der Waals surface area contributed by atoms with Crippen molar-refractivity contribution in [2.45, 2.75) is 24.2 Å². The third kappa shape index (κ3) is 2.50. The van der Waals surface area contributed by atoms with Crippen LogP contribution in [0.3, 0.4) is 0 Å². The molecular formula is C16H15N3O3S. The molecule has 1 aromatic carbocycles. The standard InChI is InChI=1S/C16H15N3O3S/c20-14(11-9-17-16-19(15(11)21)6-8-23-16)18-12-5-7-22-13-4-2-1-3-10(12)13/h1-4,9,12H,5-8H2,(H,18,20)/t12-/m0/s1. The Morgan fingerprint density at radius 3 is 3.17 bits per heavy atom. The number of hydrogen-bond donors (Lipinski definition) is 1. The molecule has 2 aliphatic heterocycles. The van der Waals surface area contributed by atoms with E-state index in [4.69, 9.17) is 4.74 Å². The maximum Gasteiger partial charge on any atom is 0.267 e. The molecule has 0 fully saturated rings. The third-order valence-electron chi connectivity index (χ3n) is 4.07. The molecule has 7 heteroatoms. The molecule has 1 aromatic heterocycles. The van der Waals surface area contributed by atoms with Gasteiger partial charge in [-0.2, -0.15) is 0 Å². The molecule has 3 heterocycles. The molecule has 0 unspecified atom stereocenters. The van der Waals surface area contributed by atoms with Crippen LogP contribution in [-0.4, -0.2) is 27.8 Å². The summed E-state index contributed by atoms with van der Waals surface area (Å²) in [7, 11) is 0. The Labute approximate surface area is 136 Å². The molecule has 0 bridgehead atoms. The fourth-order valence-corrected chi connectivity index (χ4v) is 3.82. The summed E-state index contributed by atoms with van der Waals surface area (Å²) in [6.07, 6.45) is 2.06. The van der Waals surface area contributed by atoms with E-state index in [0.717, 1.165) is 17.1 Å². The Morgan fingerprint density at radius 2 is 2.26 bits per heavy atom. The van der Waals surface area contributed by atoms with Crippen molar-refractivity contribution in [1.29, 1.82) is 0 Å². The number of para-hydroxylation sites is 1. The van der Waals surface area contributed by atoms with Crippen molar-refractivity contribution in [3.63, 3.8) is 0 Å². The fraction of sp³-hybridized carbons (Fsp3) is 0.312. The number of nitrogens with one attached hydrogen (secondary N) is 1. The molecule has 1 N–H and O–H groups in total. The molecule has 23 heavy (non-hydrogen) atoms. The average Bonchev–Trinajstić information content (AvgIpc) is 3.05. The first-order valence-electron chi connectivity index (χ1n) is 7.49. The number of carbonyl (C=O) groups is 1. The van der Waals surface area contributed by atoms with Gasteiger partial charge in [0.05, 0.1) is 12.6 Å². The quantitative estimate of drug-likeness (QED) is 0.847. The predicted molar refractivity (Wildman–Crippen MR) is 86.0 cm³/mol.